The molecule has 3 heterocycles. The Hall–Kier alpha value is -6.77. The van der Waals surface area contributed by atoms with Gasteiger partial charge < -0.3 is 9.88 Å². The Labute approximate surface area is 352 Å². The third-order valence-electron chi connectivity index (χ3n) is 11.8. The summed E-state index contributed by atoms with van der Waals surface area (Å²) >= 11 is 0. The summed E-state index contributed by atoms with van der Waals surface area (Å²) in [4.78, 5) is 11.1. The van der Waals surface area contributed by atoms with Crippen LogP contribution in [0, 0.1) is 0 Å². The Morgan fingerprint density at radius 3 is 2.02 bits per heavy atom. The second kappa shape index (κ2) is 13.7. The fourth-order valence-corrected chi connectivity index (χ4v) is 9.28. The van der Waals surface area contributed by atoms with E-state index in [1.54, 1.807) is 0 Å². The molecular weight excluding hydrogens is 822 g/mol. The summed E-state index contributed by atoms with van der Waals surface area (Å²) < 4.78 is 4.76. The fourth-order valence-electron chi connectivity index (χ4n) is 9.28. The van der Waals surface area contributed by atoms with Crippen molar-refractivity contribution in [2.45, 2.75) is 12.6 Å². The molecule has 5 nitrogen and oxygen atoms in total. The van der Waals surface area contributed by atoms with Gasteiger partial charge in [-0.3, -0.25) is 4.57 Å². The van der Waals surface area contributed by atoms with Gasteiger partial charge in [-0.1, -0.05) is 164 Å². The van der Waals surface area contributed by atoms with Gasteiger partial charge >= 0.3 is 0 Å². The number of benzene rings is 8. The van der Waals surface area contributed by atoms with Gasteiger partial charge in [-0.2, -0.15) is 4.99 Å². The predicted molar refractivity (Wildman–Crippen MR) is 255 cm³/mol. The Bertz CT molecular complexity index is 3420. The highest BCUT2D eigenvalue weighted by Crippen LogP contribution is 2.42. The van der Waals surface area contributed by atoms with Crippen molar-refractivity contribution in [3.63, 3.8) is 0 Å². The number of fused-ring (bicyclic) bond motifs is 10. The van der Waals surface area contributed by atoms with Crippen molar-refractivity contribution in [1.82, 2.24) is 14.5 Å². The Balaban J connectivity index is 0.00000385. The summed E-state index contributed by atoms with van der Waals surface area (Å²) in [5.41, 5.74) is 10.1. The highest BCUT2D eigenvalue weighted by Gasteiger charge is 2.28. The van der Waals surface area contributed by atoms with Gasteiger partial charge in [0.05, 0.1) is 27.8 Å². The topological polar surface area (TPSA) is 46.6 Å². The molecule has 1 atom stereocenters. The molecule has 8 aromatic carbocycles. The van der Waals surface area contributed by atoms with Crippen LogP contribution in [0.5, 0.6) is 0 Å². The molecular formula is C52H36IN5. The lowest BCUT2D eigenvalue weighted by atomic mass is 9.98. The van der Waals surface area contributed by atoms with Gasteiger partial charge in [0, 0.05) is 38.1 Å². The predicted octanol–water partition coefficient (Wildman–Crippen LogP) is 13.2. The van der Waals surface area contributed by atoms with Crippen LogP contribution in [0.25, 0.3) is 83.0 Å². The molecule has 0 spiro atoms. The second-order valence-corrected chi connectivity index (χ2v) is 14.9. The molecule has 1 aliphatic carbocycles. The van der Waals surface area contributed by atoms with Crippen molar-refractivity contribution < 1.29 is 0 Å². The summed E-state index contributed by atoms with van der Waals surface area (Å²) in [6.45, 7) is 0. The van der Waals surface area contributed by atoms with E-state index in [-0.39, 0.29) is 24.0 Å². The number of allylic oxidation sites excluding steroid dienone is 2. The summed E-state index contributed by atoms with van der Waals surface area (Å²) in [6.07, 6.45) is 9.42. The largest absolute Gasteiger partial charge is 0.344 e. The maximum Gasteiger partial charge on any atom is 0.234 e. The lowest BCUT2D eigenvalue weighted by molar-refractivity contribution is 0.667. The molecule has 0 saturated carbocycles. The molecule has 1 unspecified atom stereocenters. The zero-order valence-electron chi connectivity index (χ0n) is 31.4. The van der Waals surface area contributed by atoms with Crippen LogP contribution in [0.3, 0.4) is 0 Å². The summed E-state index contributed by atoms with van der Waals surface area (Å²) in [5.74, 6) is 1.44. The van der Waals surface area contributed by atoms with Gasteiger partial charge in [0.1, 0.15) is 12.0 Å². The number of rotatable bonds is 3. The van der Waals surface area contributed by atoms with E-state index in [1.807, 2.05) is 0 Å². The fraction of sp³-hybridized carbons (Fsp3) is 0.0385. The third kappa shape index (κ3) is 5.21. The normalized spacial score (nSPS) is 15.1. The molecule has 2 aromatic heterocycles. The minimum atomic E-state index is -0.398. The molecule has 1 aliphatic heterocycles. The Morgan fingerprint density at radius 1 is 0.517 bits per heavy atom. The number of nitrogens with zero attached hydrogens (tertiary/aromatic N) is 4. The van der Waals surface area contributed by atoms with Crippen molar-refractivity contribution >= 4 is 113 Å². The maximum atomic E-state index is 5.60. The van der Waals surface area contributed by atoms with Crippen molar-refractivity contribution in [1.29, 1.82) is 0 Å². The number of halogens is 1. The number of para-hydroxylation sites is 2. The average Bonchev–Trinajstić information content (AvgIpc) is 3.67. The molecule has 1 N–H and O–H groups in total. The first kappa shape index (κ1) is 34.5. The monoisotopic (exact) mass is 857 g/mol. The number of aliphatic imine (C=N–C) groups is 2. The summed E-state index contributed by atoms with van der Waals surface area (Å²) in [6, 6.07) is 58.9. The van der Waals surface area contributed by atoms with Crippen LogP contribution in [-0.2, 0) is 0 Å². The Kier molecular flexibility index (Phi) is 8.15. The highest BCUT2D eigenvalue weighted by atomic mass is 127. The molecule has 0 radical (unpaired) electrons. The van der Waals surface area contributed by atoms with Crippen molar-refractivity contribution in [3.8, 4) is 5.69 Å². The van der Waals surface area contributed by atoms with Crippen molar-refractivity contribution in [3.05, 3.63) is 198 Å². The van der Waals surface area contributed by atoms with Crippen LogP contribution < -0.4 is 5.32 Å². The molecule has 0 saturated heterocycles. The first-order valence-electron chi connectivity index (χ1n) is 19.6. The zero-order chi connectivity index (χ0) is 37.5. The van der Waals surface area contributed by atoms with E-state index in [4.69, 9.17) is 9.98 Å². The molecule has 12 rings (SSSR count). The maximum absolute atomic E-state index is 5.60. The van der Waals surface area contributed by atoms with Crippen molar-refractivity contribution in [2.24, 2.45) is 9.98 Å². The smallest absolute Gasteiger partial charge is 0.234 e. The number of aromatic nitrogens is 2. The second-order valence-electron chi connectivity index (χ2n) is 14.9. The van der Waals surface area contributed by atoms with Gasteiger partial charge in [0.2, 0.25) is 5.96 Å². The molecule has 2 aliphatic rings. The van der Waals surface area contributed by atoms with Gasteiger partial charge in [0.15, 0.2) is 0 Å². The molecule has 0 fully saturated rings. The van der Waals surface area contributed by atoms with Crippen LogP contribution >= 0.6 is 24.0 Å². The Morgan fingerprint density at radius 2 is 1.17 bits per heavy atom. The molecule has 58 heavy (non-hydrogen) atoms. The average molecular weight is 858 g/mol. The van der Waals surface area contributed by atoms with E-state index < -0.39 is 6.17 Å². The minimum absolute atomic E-state index is 0. The molecule has 0 bridgehead atoms. The van der Waals surface area contributed by atoms with Crippen LogP contribution in [0.2, 0.25) is 0 Å². The zero-order valence-corrected chi connectivity index (χ0v) is 33.7. The van der Waals surface area contributed by atoms with Gasteiger partial charge in [-0.05, 0) is 58.0 Å². The van der Waals surface area contributed by atoms with Gasteiger partial charge in [0.25, 0.3) is 0 Å². The van der Waals surface area contributed by atoms with E-state index in [0.29, 0.717) is 5.96 Å². The van der Waals surface area contributed by atoms with Crippen LogP contribution in [0.1, 0.15) is 34.8 Å². The van der Waals surface area contributed by atoms with Crippen LogP contribution in [-0.4, -0.2) is 20.9 Å². The number of hydrogen-bond acceptors (Lipinski definition) is 3. The number of hydrogen-bond donors (Lipinski definition) is 1. The van der Waals surface area contributed by atoms with E-state index in [2.05, 4.69) is 203 Å². The quantitative estimate of drug-likeness (QED) is 0.177. The third-order valence-corrected chi connectivity index (χ3v) is 11.8. The molecule has 276 valence electrons. The summed E-state index contributed by atoms with van der Waals surface area (Å²) in [7, 11) is 0. The first-order valence-corrected chi connectivity index (χ1v) is 19.6. The van der Waals surface area contributed by atoms with Gasteiger partial charge in [-0.25, -0.2) is 4.99 Å². The standard InChI is InChI=1S/C52H35N5.HI/c1-2-15-33-18-12-26-41(36(33)21-3-1)50-53-51(42-27-13-19-34-16-4-6-22-37(34)42)55-52(54-50)57-45-28-10-8-24-39(45)40-31-32-47-48(49(40)57)43-25-9-11-29-46(43)56(47)44-30-14-20-35-17-5-7-23-38(35)44;/h2-32,50H,1H2,(H,53,54,55);1H. The first-order chi connectivity index (χ1) is 28.3. The van der Waals surface area contributed by atoms with Crippen LogP contribution in [0.15, 0.2) is 186 Å². The highest BCUT2D eigenvalue weighted by molar-refractivity contribution is 14.0. The van der Waals surface area contributed by atoms with Crippen molar-refractivity contribution in [2.75, 3.05) is 0 Å². The SMILES string of the molecule is C1=Cc2cccc(C3N=C(n4c5ccccc5c5ccc6c(c7ccccc7n6-c6cccc7ccccc67)c54)N=C(c4cccc5ccccc45)N3)c2C=CC1.I. The van der Waals surface area contributed by atoms with E-state index in [9.17, 15) is 0 Å². The number of nitrogens with one attached hydrogen (secondary N) is 1. The molecule has 6 heteroatoms. The minimum Gasteiger partial charge on any atom is -0.344 e. The van der Waals surface area contributed by atoms with Gasteiger partial charge in [-0.15, -0.1) is 24.0 Å². The lowest BCUT2D eigenvalue weighted by Gasteiger charge is -2.26. The summed E-state index contributed by atoms with van der Waals surface area (Å²) in [5, 5.41) is 13.3. The van der Waals surface area contributed by atoms with E-state index in [0.717, 1.165) is 61.9 Å². The van der Waals surface area contributed by atoms with E-state index >= 15 is 0 Å². The number of amidine groups is 1. The molecule has 0 amide bonds. The molecule has 10 aromatic rings. The van der Waals surface area contributed by atoms with E-state index in [1.165, 1.54) is 43.4 Å². The lowest BCUT2D eigenvalue weighted by Crippen LogP contribution is -2.35. The van der Waals surface area contributed by atoms with Crippen LogP contribution in [0.4, 0.5) is 0 Å².